The van der Waals surface area contributed by atoms with Crippen LogP contribution in [0.2, 0.25) is 0 Å². The van der Waals surface area contributed by atoms with Gasteiger partial charge >= 0.3 is 16.9 Å². The zero-order valence-corrected chi connectivity index (χ0v) is 9.92. The lowest BCUT2D eigenvalue weighted by molar-refractivity contribution is -0.386. The summed E-state index contributed by atoms with van der Waals surface area (Å²) in [5.41, 5.74) is -2.60. The number of H-pyrrole nitrogens is 2. The third-order valence-corrected chi connectivity index (χ3v) is 2.63. The molecule has 9 heteroatoms. The Bertz CT molecular complexity index is 611. The second-order valence-electron chi connectivity index (χ2n) is 3.89. The van der Waals surface area contributed by atoms with E-state index in [-0.39, 0.29) is 5.69 Å². The molecule has 1 aromatic rings. The van der Waals surface area contributed by atoms with E-state index in [9.17, 15) is 19.7 Å². The molecule has 0 unspecified atom stereocenters. The van der Waals surface area contributed by atoms with Crippen LogP contribution in [0.4, 0.5) is 5.69 Å². The molecule has 0 saturated carbocycles. The van der Waals surface area contributed by atoms with E-state index in [1.807, 2.05) is 9.88 Å². The fraction of sp³-hybridized carbons (Fsp3) is 0.400. The van der Waals surface area contributed by atoms with Gasteiger partial charge in [-0.1, -0.05) is 0 Å². The Morgan fingerprint density at radius 2 is 1.95 bits per heavy atom. The number of aromatic amines is 2. The van der Waals surface area contributed by atoms with E-state index in [1.54, 1.807) is 6.20 Å². The summed E-state index contributed by atoms with van der Waals surface area (Å²) in [6.45, 7) is 2.44. The van der Waals surface area contributed by atoms with Crippen molar-refractivity contribution in [3.8, 4) is 0 Å². The fourth-order valence-corrected chi connectivity index (χ4v) is 1.71. The van der Waals surface area contributed by atoms with Crippen molar-refractivity contribution in [2.75, 3.05) is 26.3 Å². The van der Waals surface area contributed by atoms with Crippen molar-refractivity contribution < 1.29 is 9.66 Å². The molecule has 0 aromatic carbocycles. The highest BCUT2D eigenvalue weighted by Gasteiger charge is 2.19. The van der Waals surface area contributed by atoms with E-state index in [1.165, 1.54) is 6.08 Å². The predicted molar refractivity (Wildman–Crippen MR) is 65.8 cm³/mol. The Morgan fingerprint density at radius 1 is 1.26 bits per heavy atom. The van der Waals surface area contributed by atoms with Crippen LogP contribution in [0, 0.1) is 10.1 Å². The summed E-state index contributed by atoms with van der Waals surface area (Å²) in [7, 11) is 0. The number of nitro groups is 1. The van der Waals surface area contributed by atoms with E-state index in [2.05, 4.69) is 4.98 Å². The summed E-state index contributed by atoms with van der Waals surface area (Å²) in [6.07, 6.45) is 2.94. The molecule has 1 aliphatic heterocycles. The molecule has 2 N–H and O–H groups in total. The lowest BCUT2D eigenvalue weighted by Crippen LogP contribution is -2.32. The van der Waals surface area contributed by atoms with E-state index in [4.69, 9.17) is 4.74 Å². The van der Waals surface area contributed by atoms with Crippen molar-refractivity contribution in [1.82, 2.24) is 14.9 Å². The molecule has 0 spiro atoms. The third-order valence-electron chi connectivity index (χ3n) is 2.63. The minimum absolute atomic E-state index is 0.120. The first-order chi connectivity index (χ1) is 9.08. The maximum Gasteiger partial charge on any atom is 0.357 e. The highest BCUT2D eigenvalue weighted by atomic mass is 16.6. The number of hydrogen-bond donors (Lipinski definition) is 2. The number of nitrogens with zero attached hydrogens (tertiary/aromatic N) is 2. The minimum Gasteiger partial charge on any atom is -0.378 e. The van der Waals surface area contributed by atoms with Crippen molar-refractivity contribution in [2.24, 2.45) is 0 Å². The molecule has 2 rings (SSSR count). The maximum atomic E-state index is 11.4. The SMILES string of the molecule is O=c1[nH]c(C=CN2CCOCC2)c([N+](=O)[O-])c(=O)[nH]1. The Kier molecular flexibility index (Phi) is 3.76. The first kappa shape index (κ1) is 13.0. The summed E-state index contributed by atoms with van der Waals surface area (Å²) >= 11 is 0. The first-order valence-electron chi connectivity index (χ1n) is 5.59. The number of morpholine rings is 1. The number of nitrogens with one attached hydrogen (secondary N) is 2. The van der Waals surface area contributed by atoms with Crippen molar-refractivity contribution in [3.05, 3.63) is 42.8 Å². The molecule has 1 aromatic heterocycles. The van der Waals surface area contributed by atoms with Crippen LogP contribution in [0.3, 0.4) is 0 Å². The van der Waals surface area contributed by atoms with Gasteiger partial charge in [-0.2, -0.15) is 0 Å². The Hall–Kier alpha value is -2.42. The number of hydrogen-bond acceptors (Lipinski definition) is 6. The maximum absolute atomic E-state index is 11.4. The molecule has 0 bridgehead atoms. The van der Waals surface area contributed by atoms with Gasteiger partial charge in [-0.15, -0.1) is 0 Å². The smallest absolute Gasteiger partial charge is 0.357 e. The molecule has 9 nitrogen and oxygen atoms in total. The van der Waals surface area contributed by atoms with Gasteiger partial charge in [0.1, 0.15) is 5.69 Å². The van der Waals surface area contributed by atoms with Gasteiger partial charge in [0.2, 0.25) is 0 Å². The van der Waals surface area contributed by atoms with Gasteiger partial charge in [-0.3, -0.25) is 19.9 Å². The summed E-state index contributed by atoms with van der Waals surface area (Å²) in [6, 6.07) is 0. The number of rotatable bonds is 3. The summed E-state index contributed by atoms with van der Waals surface area (Å²) in [4.78, 5) is 38.4. The number of ether oxygens (including phenoxy) is 1. The molecule has 0 amide bonds. The molecule has 19 heavy (non-hydrogen) atoms. The number of aromatic nitrogens is 2. The molecule has 1 fully saturated rings. The quantitative estimate of drug-likeness (QED) is 0.551. The monoisotopic (exact) mass is 268 g/mol. The molecule has 0 atom stereocenters. The summed E-state index contributed by atoms with van der Waals surface area (Å²) in [5.74, 6) is 0. The van der Waals surface area contributed by atoms with Gasteiger partial charge in [-0.25, -0.2) is 4.79 Å². The first-order valence-corrected chi connectivity index (χ1v) is 5.59. The zero-order valence-electron chi connectivity index (χ0n) is 9.92. The van der Waals surface area contributed by atoms with Crippen LogP contribution < -0.4 is 11.2 Å². The standard InChI is InChI=1S/C10H12N4O5/c15-9-8(14(17)18)7(11-10(16)12-9)1-2-13-3-5-19-6-4-13/h1-2H,3-6H2,(H2,11,12,15,16). The van der Waals surface area contributed by atoms with E-state index < -0.39 is 21.9 Å². The van der Waals surface area contributed by atoms with E-state index in [0.717, 1.165) is 0 Å². The second kappa shape index (κ2) is 5.48. The van der Waals surface area contributed by atoms with Gasteiger partial charge < -0.3 is 14.6 Å². The molecule has 102 valence electrons. The van der Waals surface area contributed by atoms with Crippen molar-refractivity contribution in [3.63, 3.8) is 0 Å². The molecule has 2 heterocycles. The van der Waals surface area contributed by atoms with Crippen LogP contribution in [0.15, 0.2) is 15.8 Å². The van der Waals surface area contributed by atoms with Gasteiger partial charge in [-0.05, 0) is 6.08 Å². The van der Waals surface area contributed by atoms with Gasteiger partial charge in [0, 0.05) is 19.3 Å². The minimum atomic E-state index is -1.02. The normalized spacial score (nSPS) is 15.9. The molecule has 0 radical (unpaired) electrons. The van der Waals surface area contributed by atoms with Crippen LogP contribution in [-0.4, -0.2) is 46.1 Å². The average molecular weight is 268 g/mol. The van der Waals surface area contributed by atoms with Crippen molar-refractivity contribution >= 4 is 11.8 Å². The molecular weight excluding hydrogens is 256 g/mol. The van der Waals surface area contributed by atoms with Crippen molar-refractivity contribution in [1.29, 1.82) is 0 Å². The zero-order chi connectivity index (χ0) is 13.8. The van der Waals surface area contributed by atoms with Gasteiger partial charge in [0.25, 0.3) is 0 Å². The predicted octanol–water partition coefficient (Wildman–Crippen LogP) is -0.726. The van der Waals surface area contributed by atoms with Crippen LogP contribution in [-0.2, 0) is 4.74 Å². The summed E-state index contributed by atoms with van der Waals surface area (Å²) < 4.78 is 5.16. The lowest BCUT2D eigenvalue weighted by Gasteiger charge is -2.24. The Balaban J connectivity index is 2.33. The molecule has 1 saturated heterocycles. The lowest BCUT2D eigenvalue weighted by atomic mass is 10.3. The van der Waals surface area contributed by atoms with Crippen LogP contribution >= 0.6 is 0 Å². The van der Waals surface area contributed by atoms with E-state index in [0.29, 0.717) is 26.3 Å². The molecule has 0 aliphatic carbocycles. The Morgan fingerprint density at radius 3 is 2.58 bits per heavy atom. The van der Waals surface area contributed by atoms with Crippen molar-refractivity contribution in [2.45, 2.75) is 0 Å². The fourth-order valence-electron chi connectivity index (χ4n) is 1.71. The molecular formula is C10H12N4O5. The Labute approximate surface area is 106 Å². The van der Waals surface area contributed by atoms with Gasteiger partial charge in [0.05, 0.1) is 18.1 Å². The average Bonchev–Trinajstić information content (AvgIpc) is 2.36. The summed E-state index contributed by atoms with van der Waals surface area (Å²) in [5, 5.41) is 10.8. The van der Waals surface area contributed by atoms with Crippen LogP contribution in [0.1, 0.15) is 5.69 Å². The third kappa shape index (κ3) is 3.07. The second-order valence-corrected chi connectivity index (χ2v) is 3.89. The molecule has 1 aliphatic rings. The van der Waals surface area contributed by atoms with Gasteiger partial charge in [0.15, 0.2) is 0 Å². The largest absolute Gasteiger partial charge is 0.378 e. The van der Waals surface area contributed by atoms with Crippen LogP contribution in [0.25, 0.3) is 6.08 Å². The topological polar surface area (TPSA) is 121 Å². The highest BCUT2D eigenvalue weighted by molar-refractivity contribution is 5.55. The van der Waals surface area contributed by atoms with E-state index >= 15 is 0 Å². The highest BCUT2D eigenvalue weighted by Crippen LogP contribution is 2.10. The van der Waals surface area contributed by atoms with Crippen LogP contribution in [0.5, 0.6) is 0 Å².